The zero-order valence-corrected chi connectivity index (χ0v) is 46.6. The minimum Gasteiger partial charge on any atom is -0.497 e. The number of fused-ring (bicyclic) bond motifs is 3. The van der Waals surface area contributed by atoms with E-state index in [1.807, 2.05) is 0 Å². The highest BCUT2D eigenvalue weighted by Gasteiger charge is 2.53. The Morgan fingerprint density at radius 2 is 0.802 bits per heavy atom. The third kappa shape index (κ3) is 11.0. The second-order valence-electron chi connectivity index (χ2n) is 20.7. The number of anilines is 3. The second kappa shape index (κ2) is 23.1. The third-order valence-corrected chi connectivity index (χ3v) is 15.4. The number of hydrogen-bond donors (Lipinski definition) is 9. The highest BCUT2D eigenvalue weighted by molar-refractivity contribution is 6.10. The summed E-state index contributed by atoms with van der Waals surface area (Å²) in [5, 5.41) is 20.0. The van der Waals surface area contributed by atoms with Crippen molar-refractivity contribution < 1.29 is 67.0 Å². The molecule has 0 aromatic heterocycles. The maximum Gasteiger partial charge on any atom is 0.322 e. The summed E-state index contributed by atoms with van der Waals surface area (Å²) in [6, 6.07) is 33.5. The highest BCUT2D eigenvalue weighted by atomic mass is 16.5. The van der Waals surface area contributed by atoms with Gasteiger partial charge in [-0.1, -0.05) is 36.4 Å². The van der Waals surface area contributed by atoms with E-state index in [2.05, 4.69) is 42.5 Å². The number of carbonyl (C=O) groups excluding carboxylic acids is 11. The van der Waals surface area contributed by atoms with Crippen LogP contribution in [-0.2, 0) is 60.2 Å². The van der Waals surface area contributed by atoms with Crippen molar-refractivity contribution in [2.24, 2.45) is 0 Å². The lowest BCUT2D eigenvalue weighted by atomic mass is 9.89. The molecule has 440 valence electrons. The van der Waals surface area contributed by atoms with Gasteiger partial charge in [-0.3, -0.25) is 54.3 Å². The molecule has 0 radical (unpaired) electrons. The van der Waals surface area contributed by atoms with Gasteiger partial charge < -0.3 is 61.2 Å². The first kappa shape index (κ1) is 57.9. The van der Waals surface area contributed by atoms with Crippen LogP contribution in [-0.4, -0.2) is 122 Å². The third-order valence-electron chi connectivity index (χ3n) is 15.4. The predicted molar refractivity (Wildman–Crippen MR) is 306 cm³/mol. The first-order valence-corrected chi connectivity index (χ1v) is 26.6. The Hall–Kier alpha value is -11.3. The van der Waals surface area contributed by atoms with Gasteiger partial charge in [-0.2, -0.15) is 0 Å². The Kier molecular flexibility index (Phi) is 15.6. The number of nitrogens with two attached hydrogens (primary N) is 1. The fourth-order valence-corrected chi connectivity index (χ4v) is 11.1. The van der Waals surface area contributed by atoms with Gasteiger partial charge >= 0.3 is 18.1 Å². The fourth-order valence-electron chi connectivity index (χ4n) is 11.1. The smallest absolute Gasteiger partial charge is 0.322 e. The molecule has 0 aliphatic carbocycles. The van der Waals surface area contributed by atoms with Crippen LogP contribution in [0.25, 0.3) is 0 Å². The molecule has 6 aliphatic heterocycles. The Balaban J connectivity index is 0.000000143. The Morgan fingerprint density at radius 3 is 1.08 bits per heavy atom. The molecule has 3 atom stereocenters. The number of ether oxygens (including phenoxy) is 3. The van der Waals surface area contributed by atoms with Crippen LogP contribution in [0.5, 0.6) is 17.2 Å². The first-order chi connectivity index (χ1) is 41.2. The summed E-state index contributed by atoms with van der Waals surface area (Å²) in [7, 11) is 4.66. The van der Waals surface area contributed by atoms with Crippen LogP contribution >= 0.6 is 0 Å². The van der Waals surface area contributed by atoms with E-state index in [-0.39, 0.29) is 43.3 Å². The van der Waals surface area contributed by atoms with Crippen LogP contribution in [0.2, 0.25) is 0 Å². The number of benzene rings is 6. The molecule has 26 heteroatoms. The summed E-state index contributed by atoms with van der Waals surface area (Å²) in [5.41, 5.74) is 8.73. The highest BCUT2D eigenvalue weighted by Crippen LogP contribution is 2.37. The number of nitrogens with one attached hydrogen (secondary N) is 8. The van der Waals surface area contributed by atoms with Crippen molar-refractivity contribution in [1.29, 1.82) is 0 Å². The van der Waals surface area contributed by atoms with Crippen molar-refractivity contribution in [2.75, 3.05) is 57.3 Å². The van der Waals surface area contributed by atoms with Crippen molar-refractivity contribution >= 4 is 82.9 Å². The SMILES string of the molecule is COc1ccc2c(c1)CN(CC1(c3ccc(N)cc3)NC(=O)NC1=O)C2=O.COc1ccc2c(c1)CN(CC1(c3ccc(NC(C)=O)cc3)NC(=O)NC1=O)C2=O.COc1ccc2c(c1)CN(CC1(c3ccc(NC=O)cc3)NC(=O)NC1=O)C2=O. The van der Waals surface area contributed by atoms with E-state index in [0.29, 0.717) is 93.7 Å². The van der Waals surface area contributed by atoms with Crippen LogP contribution in [0.1, 0.15) is 71.4 Å². The molecule has 6 aliphatic rings. The van der Waals surface area contributed by atoms with Crippen LogP contribution < -0.4 is 62.5 Å². The van der Waals surface area contributed by atoms with Gasteiger partial charge in [0.25, 0.3) is 35.4 Å². The lowest BCUT2D eigenvalue weighted by Gasteiger charge is -2.31. The second-order valence-corrected chi connectivity index (χ2v) is 20.7. The van der Waals surface area contributed by atoms with Gasteiger partial charge in [0.05, 0.1) is 41.0 Å². The standard InChI is InChI=1S/C21H20N4O5.C20H18N4O5.C19H18N4O4/c1-12(26)22-15-5-3-14(4-6-15)21(19(28)23-20(29)24-21)11-25-10-13-9-16(30-2)7-8-17(13)18(25)27;1-29-15-6-7-16-12(8-15)9-24(17(16)26)10-20(18(27)22-19(28)23-20)13-2-4-14(5-3-13)21-11-25;1-27-14-6-7-15-11(8-14)9-23(16(15)24)10-19(17(25)21-18(26)22-19)12-2-4-13(20)5-3-12/h3-9H,10-11H2,1-2H3,(H,22,26)(H2,23,24,28,29);2-8,11H,9-10H2,1H3,(H,21,25)(H2,22,23,27,28);2-8H,9-10,20H2,1H3,(H2,21,22,25,26). The molecule has 3 fully saturated rings. The van der Waals surface area contributed by atoms with Gasteiger partial charge in [0.15, 0.2) is 16.6 Å². The molecule has 12 rings (SSSR count). The monoisotopic (exact) mass is 1170 g/mol. The average Bonchev–Trinajstić information content (AvgIpc) is 1.73. The van der Waals surface area contributed by atoms with E-state index in [4.69, 9.17) is 19.9 Å². The van der Waals surface area contributed by atoms with Crippen molar-refractivity contribution in [3.63, 3.8) is 0 Å². The zero-order valence-electron chi connectivity index (χ0n) is 46.6. The largest absolute Gasteiger partial charge is 0.497 e. The molecule has 6 aromatic rings. The van der Waals surface area contributed by atoms with Gasteiger partial charge in [-0.05, 0) is 124 Å². The summed E-state index contributed by atoms with van der Waals surface area (Å²) in [5.74, 6) is -0.525. The van der Waals surface area contributed by atoms with Gasteiger partial charge in [0.2, 0.25) is 12.3 Å². The van der Waals surface area contributed by atoms with Crippen molar-refractivity contribution in [3.05, 3.63) is 177 Å². The maximum absolute atomic E-state index is 12.9. The van der Waals surface area contributed by atoms with Gasteiger partial charge in [-0.25, -0.2) is 14.4 Å². The van der Waals surface area contributed by atoms with Crippen LogP contribution in [0.4, 0.5) is 31.4 Å². The van der Waals surface area contributed by atoms with E-state index < -0.39 is 52.4 Å². The predicted octanol–water partition coefficient (Wildman–Crippen LogP) is 3.27. The van der Waals surface area contributed by atoms with E-state index >= 15 is 0 Å². The summed E-state index contributed by atoms with van der Waals surface area (Å²) in [4.78, 5) is 139. The number of nitrogens with zero attached hydrogens (tertiary/aromatic N) is 3. The normalized spacial score (nSPS) is 20.4. The molecular weight excluding hydrogens is 1110 g/mol. The van der Waals surface area contributed by atoms with Gasteiger partial charge in [0, 0.05) is 60.3 Å². The Morgan fingerprint density at radius 1 is 0.488 bits per heavy atom. The number of methoxy groups -OCH3 is 3. The molecule has 6 aromatic carbocycles. The van der Waals surface area contributed by atoms with Crippen molar-refractivity contribution in [2.45, 2.75) is 43.2 Å². The maximum atomic E-state index is 12.9. The van der Waals surface area contributed by atoms with Crippen LogP contribution in [0, 0.1) is 0 Å². The number of urea groups is 3. The van der Waals surface area contributed by atoms with Crippen LogP contribution in [0.15, 0.2) is 127 Å². The summed E-state index contributed by atoms with van der Waals surface area (Å²) >= 11 is 0. The van der Waals surface area contributed by atoms with Gasteiger partial charge in [-0.15, -0.1) is 0 Å². The molecule has 0 bridgehead atoms. The molecular formula is C60H56N12O14. The summed E-state index contributed by atoms with van der Waals surface area (Å²) in [6.07, 6.45) is 0.545. The molecule has 86 heavy (non-hydrogen) atoms. The number of amides is 14. The number of rotatable bonds is 15. The van der Waals surface area contributed by atoms with E-state index in [9.17, 15) is 52.7 Å². The van der Waals surface area contributed by atoms with E-state index in [1.165, 1.54) is 16.7 Å². The number of imide groups is 3. The summed E-state index contributed by atoms with van der Waals surface area (Å²) < 4.78 is 15.6. The van der Waals surface area contributed by atoms with E-state index in [1.54, 1.807) is 154 Å². The van der Waals surface area contributed by atoms with Crippen molar-refractivity contribution in [1.82, 2.24) is 46.6 Å². The zero-order chi connectivity index (χ0) is 61.2. The molecule has 3 unspecified atom stereocenters. The average molecular weight is 1170 g/mol. The van der Waals surface area contributed by atoms with E-state index in [0.717, 1.165) is 16.7 Å². The molecule has 6 heterocycles. The molecule has 0 saturated carbocycles. The minimum absolute atomic E-state index is 0.00429. The molecule has 14 amide bonds. The lowest BCUT2D eigenvalue weighted by Crippen LogP contribution is -2.52. The van der Waals surface area contributed by atoms with Crippen LogP contribution in [0.3, 0.4) is 0 Å². The Bertz CT molecular complexity index is 3820. The topological polar surface area (TPSA) is 347 Å². The minimum atomic E-state index is -1.44. The first-order valence-electron chi connectivity index (χ1n) is 26.6. The number of nitrogen functional groups attached to an aromatic ring is 1. The lowest BCUT2D eigenvalue weighted by molar-refractivity contribution is -0.125. The van der Waals surface area contributed by atoms with Crippen molar-refractivity contribution in [3.8, 4) is 17.2 Å². The number of hydrogen-bond acceptors (Lipinski definition) is 15. The fraction of sp³-hybridized carbons (Fsp3) is 0.217. The summed E-state index contributed by atoms with van der Waals surface area (Å²) in [6.45, 7) is 2.23. The molecule has 3 saturated heterocycles. The number of carbonyl (C=O) groups is 11. The molecule has 26 nitrogen and oxygen atoms in total. The quantitative estimate of drug-likeness (QED) is 0.0405. The molecule has 10 N–H and O–H groups in total. The van der Waals surface area contributed by atoms with Gasteiger partial charge in [0.1, 0.15) is 17.2 Å². The Labute approximate surface area is 490 Å². The molecule has 0 spiro atoms.